The molecule has 2 aromatic rings. The van der Waals surface area contributed by atoms with Gasteiger partial charge < -0.3 is 9.15 Å². The standard InChI is InChI=1S/C13H15ClN2O2/c1-9(2)10-4-3-5-11(6-10)17-8-13-16-15-12(7-14)18-13/h3-6,9H,7-8H2,1-2H3. The molecule has 18 heavy (non-hydrogen) atoms. The molecular formula is C13H15ClN2O2. The second kappa shape index (κ2) is 5.87. The van der Waals surface area contributed by atoms with Crippen molar-refractivity contribution in [3.05, 3.63) is 41.6 Å². The van der Waals surface area contributed by atoms with E-state index in [0.29, 0.717) is 17.7 Å². The molecule has 1 aromatic heterocycles. The summed E-state index contributed by atoms with van der Waals surface area (Å²) in [6.07, 6.45) is 0. The van der Waals surface area contributed by atoms with Crippen LogP contribution in [0.3, 0.4) is 0 Å². The fraction of sp³-hybridized carbons (Fsp3) is 0.385. The molecule has 1 aromatic carbocycles. The SMILES string of the molecule is CC(C)c1cccc(OCc2nnc(CCl)o2)c1. The van der Waals surface area contributed by atoms with Gasteiger partial charge in [0.2, 0.25) is 5.89 Å². The number of alkyl halides is 1. The molecule has 96 valence electrons. The average Bonchev–Trinajstić information content (AvgIpc) is 2.84. The zero-order chi connectivity index (χ0) is 13.0. The van der Waals surface area contributed by atoms with Crippen LogP contribution in [-0.2, 0) is 12.5 Å². The van der Waals surface area contributed by atoms with Gasteiger partial charge in [0.05, 0.1) is 0 Å². The summed E-state index contributed by atoms with van der Waals surface area (Å²) < 4.78 is 10.9. The highest BCUT2D eigenvalue weighted by Gasteiger charge is 2.06. The van der Waals surface area contributed by atoms with Crippen molar-refractivity contribution in [1.82, 2.24) is 10.2 Å². The monoisotopic (exact) mass is 266 g/mol. The van der Waals surface area contributed by atoms with Gasteiger partial charge in [0, 0.05) is 0 Å². The Labute approximate surface area is 111 Å². The summed E-state index contributed by atoms with van der Waals surface area (Å²) in [6.45, 7) is 4.54. The number of ether oxygens (including phenoxy) is 1. The average molecular weight is 267 g/mol. The normalized spacial score (nSPS) is 10.9. The molecule has 0 aliphatic heterocycles. The van der Waals surface area contributed by atoms with Crippen LogP contribution in [0.25, 0.3) is 0 Å². The van der Waals surface area contributed by atoms with Gasteiger partial charge in [-0.2, -0.15) is 0 Å². The summed E-state index contributed by atoms with van der Waals surface area (Å²) in [4.78, 5) is 0. The Morgan fingerprint density at radius 3 is 2.72 bits per heavy atom. The van der Waals surface area contributed by atoms with E-state index in [-0.39, 0.29) is 12.5 Å². The third-order valence-corrected chi connectivity index (χ3v) is 2.74. The van der Waals surface area contributed by atoms with E-state index in [1.54, 1.807) is 0 Å². The molecule has 0 fully saturated rings. The maximum absolute atomic E-state index is 5.60. The molecule has 0 N–H and O–H groups in total. The Morgan fingerprint density at radius 2 is 2.06 bits per heavy atom. The lowest BCUT2D eigenvalue weighted by Gasteiger charge is -2.08. The van der Waals surface area contributed by atoms with Gasteiger partial charge in [-0.25, -0.2) is 0 Å². The van der Waals surface area contributed by atoms with Crippen molar-refractivity contribution in [3.63, 3.8) is 0 Å². The molecule has 0 aliphatic rings. The first-order chi connectivity index (χ1) is 8.69. The topological polar surface area (TPSA) is 48.2 Å². The van der Waals surface area contributed by atoms with Gasteiger partial charge in [-0.05, 0) is 23.6 Å². The highest BCUT2D eigenvalue weighted by atomic mass is 35.5. The van der Waals surface area contributed by atoms with Crippen LogP contribution in [0.15, 0.2) is 28.7 Å². The molecule has 0 spiro atoms. The van der Waals surface area contributed by atoms with Gasteiger partial charge in [-0.1, -0.05) is 26.0 Å². The van der Waals surface area contributed by atoms with Crippen LogP contribution in [0.5, 0.6) is 5.75 Å². The first-order valence-corrected chi connectivity index (χ1v) is 6.32. The number of hydrogen-bond donors (Lipinski definition) is 0. The minimum Gasteiger partial charge on any atom is -0.484 e. The van der Waals surface area contributed by atoms with Crippen LogP contribution >= 0.6 is 11.6 Å². The van der Waals surface area contributed by atoms with E-state index in [0.717, 1.165) is 5.75 Å². The maximum atomic E-state index is 5.60. The molecule has 0 aliphatic carbocycles. The van der Waals surface area contributed by atoms with Crippen LogP contribution < -0.4 is 4.74 Å². The Hall–Kier alpha value is -1.55. The van der Waals surface area contributed by atoms with E-state index >= 15 is 0 Å². The predicted molar refractivity (Wildman–Crippen MR) is 68.7 cm³/mol. The summed E-state index contributed by atoms with van der Waals surface area (Å²) in [6, 6.07) is 7.98. The quantitative estimate of drug-likeness (QED) is 0.777. The fourth-order valence-corrected chi connectivity index (χ4v) is 1.62. The van der Waals surface area contributed by atoms with Gasteiger partial charge in [0.25, 0.3) is 5.89 Å². The fourth-order valence-electron chi connectivity index (χ4n) is 1.51. The summed E-state index contributed by atoms with van der Waals surface area (Å²) in [5.74, 6) is 2.33. The van der Waals surface area contributed by atoms with Crippen molar-refractivity contribution in [2.45, 2.75) is 32.3 Å². The predicted octanol–water partition coefficient (Wildman–Crippen LogP) is 3.51. The van der Waals surface area contributed by atoms with Crippen molar-refractivity contribution in [2.24, 2.45) is 0 Å². The van der Waals surface area contributed by atoms with Crippen molar-refractivity contribution < 1.29 is 9.15 Å². The highest BCUT2D eigenvalue weighted by Crippen LogP contribution is 2.20. The number of hydrogen-bond acceptors (Lipinski definition) is 4. The molecule has 0 unspecified atom stereocenters. The van der Waals surface area contributed by atoms with Crippen LogP contribution in [0.1, 0.15) is 37.1 Å². The lowest BCUT2D eigenvalue weighted by Crippen LogP contribution is -1.97. The molecular weight excluding hydrogens is 252 g/mol. The Bertz CT molecular complexity index is 511. The zero-order valence-electron chi connectivity index (χ0n) is 10.4. The third kappa shape index (κ3) is 3.23. The molecule has 2 rings (SSSR count). The van der Waals surface area contributed by atoms with Gasteiger partial charge in [0.15, 0.2) is 6.61 Å². The lowest BCUT2D eigenvalue weighted by molar-refractivity contribution is 0.260. The first-order valence-electron chi connectivity index (χ1n) is 5.79. The molecule has 0 atom stereocenters. The van der Waals surface area contributed by atoms with Crippen LogP contribution in [0.4, 0.5) is 0 Å². The smallest absolute Gasteiger partial charge is 0.253 e. The van der Waals surface area contributed by atoms with E-state index in [1.807, 2.05) is 18.2 Å². The molecule has 4 nitrogen and oxygen atoms in total. The van der Waals surface area contributed by atoms with E-state index in [9.17, 15) is 0 Å². The van der Waals surface area contributed by atoms with Gasteiger partial charge in [0.1, 0.15) is 11.6 Å². The Balaban J connectivity index is 1.99. The second-order valence-electron chi connectivity index (χ2n) is 4.24. The van der Waals surface area contributed by atoms with E-state index in [1.165, 1.54) is 5.56 Å². The molecule has 0 amide bonds. The Morgan fingerprint density at radius 1 is 1.28 bits per heavy atom. The molecule has 1 heterocycles. The molecule has 5 heteroatoms. The second-order valence-corrected chi connectivity index (χ2v) is 4.51. The molecule has 0 saturated heterocycles. The van der Waals surface area contributed by atoms with Gasteiger partial charge in [-0.15, -0.1) is 21.8 Å². The first kappa shape index (κ1) is 12.9. The minimum atomic E-state index is 0.218. The minimum absolute atomic E-state index is 0.218. The molecule has 0 radical (unpaired) electrons. The number of rotatable bonds is 5. The number of nitrogens with zero attached hydrogens (tertiary/aromatic N) is 2. The van der Waals surface area contributed by atoms with E-state index in [4.69, 9.17) is 20.8 Å². The van der Waals surface area contributed by atoms with Crippen molar-refractivity contribution >= 4 is 11.6 Å². The van der Waals surface area contributed by atoms with Crippen LogP contribution in [0.2, 0.25) is 0 Å². The summed E-state index contributed by atoms with van der Waals surface area (Å²) in [5.41, 5.74) is 1.24. The molecule has 0 saturated carbocycles. The third-order valence-electron chi connectivity index (χ3n) is 2.51. The van der Waals surface area contributed by atoms with Crippen molar-refractivity contribution in [3.8, 4) is 5.75 Å². The largest absolute Gasteiger partial charge is 0.484 e. The highest BCUT2D eigenvalue weighted by molar-refractivity contribution is 6.16. The summed E-state index contributed by atoms with van der Waals surface area (Å²) in [5, 5.41) is 7.60. The van der Waals surface area contributed by atoms with Gasteiger partial charge >= 0.3 is 0 Å². The van der Waals surface area contributed by atoms with Crippen molar-refractivity contribution in [1.29, 1.82) is 0 Å². The number of halogens is 1. The van der Waals surface area contributed by atoms with E-state index < -0.39 is 0 Å². The summed E-state index contributed by atoms with van der Waals surface area (Å²) in [7, 11) is 0. The van der Waals surface area contributed by atoms with Crippen molar-refractivity contribution in [2.75, 3.05) is 0 Å². The van der Waals surface area contributed by atoms with Gasteiger partial charge in [-0.3, -0.25) is 0 Å². The summed E-state index contributed by atoms with van der Waals surface area (Å²) >= 11 is 5.58. The van der Waals surface area contributed by atoms with E-state index in [2.05, 4.69) is 30.1 Å². The Kier molecular flexibility index (Phi) is 4.20. The lowest BCUT2D eigenvalue weighted by atomic mass is 10.0. The number of benzene rings is 1. The molecule has 0 bridgehead atoms. The zero-order valence-corrected chi connectivity index (χ0v) is 11.1. The van der Waals surface area contributed by atoms with Crippen LogP contribution in [-0.4, -0.2) is 10.2 Å². The maximum Gasteiger partial charge on any atom is 0.253 e. The number of aromatic nitrogens is 2. The van der Waals surface area contributed by atoms with Crippen LogP contribution in [0, 0.1) is 0 Å².